The number of rotatable bonds is 12. The maximum Gasteiger partial charge on any atom is 4.00 e. The summed E-state index contributed by atoms with van der Waals surface area (Å²) in [6.45, 7) is 0. The van der Waals surface area contributed by atoms with E-state index in [1.54, 1.807) is 0 Å². The van der Waals surface area contributed by atoms with Crippen molar-refractivity contribution in [3.63, 3.8) is 0 Å². The number of carbonyl (C=O) groups is 12. The second-order valence-electron chi connectivity index (χ2n) is 12.8. The Kier molecular flexibility index (Phi) is 33.7. The fourth-order valence-electron chi connectivity index (χ4n) is 5.09. The van der Waals surface area contributed by atoms with Gasteiger partial charge in [0.25, 0.3) is 0 Å². The van der Waals surface area contributed by atoms with E-state index in [0.717, 1.165) is 0 Å². The van der Waals surface area contributed by atoms with Gasteiger partial charge in [0.05, 0.1) is 69.2 Å². The first-order valence-electron chi connectivity index (χ1n) is 19.0. The fraction of sp³-hybridized carbons (Fsp3) is 0. The first kappa shape index (κ1) is 70.9. The third kappa shape index (κ3) is 23.8. The molecule has 0 amide bonds. The molecular weight excluding hydrogens is 1030 g/mol. The van der Waals surface area contributed by atoms with Crippen molar-refractivity contribution in [2.75, 3.05) is 0 Å². The van der Waals surface area contributed by atoms with Crippen molar-refractivity contribution in [1.82, 2.24) is 0 Å². The van der Waals surface area contributed by atoms with Crippen molar-refractivity contribution in [2.24, 2.45) is 0 Å². The monoisotopic (exact) mass is 1060 g/mol. The van der Waals surface area contributed by atoms with Gasteiger partial charge < -0.3 is 90.0 Å². The van der Waals surface area contributed by atoms with Crippen LogP contribution >= 0.6 is 0 Å². The van der Waals surface area contributed by atoms with Crippen LogP contribution in [0.3, 0.4) is 0 Å². The van der Waals surface area contributed by atoms with Crippen LogP contribution in [0.25, 0.3) is 0 Å². The topological polar surface area (TPSA) is 465 Å². The molecule has 0 spiro atoms. The normalized spacial score (nSPS) is 8.96. The zero-order valence-electron chi connectivity index (χ0n) is 38.4. The minimum absolute atomic E-state index is 0. The van der Waals surface area contributed by atoms with Crippen molar-refractivity contribution >= 4 is 71.6 Å². The van der Waals surface area contributed by atoms with Crippen LogP contribution in [-0.2, 0) is 0 Å². The molecule has 0 atom stereocenters. The molecule has 26 heteroatoms. The van der Waals surface area contributed by atoms with Crippen LogP contribution in [0.5, 0.6) is 0 Å². The van der Waals surface area contributed by atoms with Gasteiger partial charge >= 0.3 is 124 Å². The van der Waals surface area contributed by atoms with Crippen LogP contribution in [0.15, 0.2) is 146 Å². The molecular formula is C49H30KNaO24. The number of aromatic carboxylic acids is 12. The van der Waals surface area contributed by atoms with Crippen LogP contribution in [-0.4, -0.2) is 102 Å². The Hall–Kier alpha value is -8.40. The number of carboxylic acids is 12. The summed E-state index contributed by atoms with van der Waals surface area (Å²) in [5, 5.41) is 113. The molecule has 0 saturated carbocycles. The van der Waals surface area contributed by atoms with E-state index in [1.807, 2.05) is 0 Å². The van der Waals surface area contributed by atoms with Crippen LogP contribution in [0, 0.1) is 7.43 Å². The van der Waals surface area contributed by atoms with Gasteiger partial charge in [-0.05, 0) is 36.4 Å². The fourth-order valence-corrected chi connectivity index (χ4v) is 5.09. The number of carboxylic acid groups (broad SMARTS) is 12. The van der Waals surface area contributed by atoms with Crippen LogP contribution in [0.4, 0.5) is 0 Å². The molecule has 0 aromatic heterocycles. The molecule has 0 aliphatic rings. The second kappa shape index (κ2) is 35.7. The maximum atomic E-state index is 10.4. The minimum Gasteiger partial charge on any atom is -0.545 e. The number of benzene rings is 6. The molecule has 372 valence electrons. The van der Waals surface area contributed by atoms with Crippen molar-refractivity contribution in [3.05, 3.63) is 220 Å². The first-order valence-corrected chi connectivity index (χ1v) is 19.0. The second-order valence-corrected chi connectivity index (χ2v) is 12.8. The van der Waals surface area contributed by atoms with Gasteiger partial charge in [0.2, 0.25) is 0 Å². The Labute approximate surface area is 486 Å². The standard InChI is InChI=1S/6C8H6O4.C.K.Na/c6*9-7(10)5-3-1-2-4-6(5)8(11)12;;;/h6*1-4H,(H,9,10)(H,11,12);;;/q;;;;;;+4;2*+1/p-6. The number of hydrogen-bond donors (Lipinski definition) is 6. The SMILES string of the molecule is O=C([O-])c1ccccc1C(=O)O.O=C([O-])c1ccccc1C(=O)O.O=C([O-])c1ccccc1C(=O)O.O=C([O-])c1ccccc1C(=O)O.O=C([O-])c1ccccc1C(=O)O.O=C([O-])c1ccccc1C(=O)O.[C+4].[K+].[Na+]. The predicted octanol–water partition coefficient (Wildman–Crippen LogP) is -7.42. The van der Waals surface area contributed by atoms with Gasteiger partial charge in [-0.1, -0.05) is 109 Å². The summed E-state index contributed by atoms with van der Waals surface area (Å²) in [5.41, 5.74) is -3.32. The van der Waals surface area contributed by atoms with Gasteiger partial charge in [-0.25, -0.2) is 28.8 Å². The van der Waals surface area contributed by atoms with E-state index in [9.17, 15) is 88.2 Å². The van der Waals surface area contributed by atoms with E-state index >= 15 is 0 Å². The molecule has 0 saturated heterocycles. The Balaban J connectivity index is -0.000000823. The van der Waals surface area contributed by atoms with Gasteiger partial charge in [-0.3, -0.25) is 0 Å². The Morgan fingerprint density at radius 3 is 0.360 bits per heavy atom. The molecule has 0 aliphatic carbocycles. The van der Waals surface area contributed by atoms with Crippen LogP contribution in [0.2, 0.25) is 0 Å². The van der Waals surface area contributed by atoms with E-state index in [1.165, 1.54) is 146 Å². The summed E-state index contributed by atoms with van der Waals surface area (Å²) >= 11 is 0. The number of carbonyl (C=O) groups excluding carboxylic acids is 6. The molecule has 6 aromatic rings. The summed E-state index contributed by atoms with van der Waals surface area (Å²) in [6, 6.07) is 31.8. The molecule has 6 aromatic carbocycles. The third-order valence-corrected chi connectivity index (χ3v) is 8.26. The smallest absolute Gasteiger partial charge is 0.545 e. The summed E-state index contributed by atoms with van der Waals surface area (Å²) in [4.78, 5) is 125. The molecule has 0 aliphatic heterocycles. The van der Waals surface area contributed by atoms with E-state index in [0.29, 0.717) is 0 Å². The Morgan fingerprint density at radius 1 is 0.227 bits per heavy atom. The van der Waals surface area contributed by atoms with Crippen molar-refractivity contribution < 1.29 is 200 Å². The summed E-state index contributed by atoms with van der Waals surface area (Å²) in [5.74, 6) is -16.5. The quantitative estimate of drug-likeness (QED) is 0.0620. The molecule has 75 heavy (non-hydrogen) atoms. The van der Waals surface area contributed by atoms with E-state index in [-0.39, 0.29) is 155 Å². The Morgan fingerprint density at radius 2 is 0.307 bits per heavy atom. The van der Waals surface area contributed by atoms with Gasteiger partial charge in [-0.15, -0.1) is 0 Å². The molecule has 24 nitrogen and oxygen atoms in total. The van der Waals surface area contributed by atoms with Gasteiger partial charge in [0.15, 0.2) is 0 Å². The van der Waals surface area contributed by atoms with Crippen molar-refractivity contribution in [2.45, 2.75) is 0 Å². The maximum absolute atomic E-state index is 10.4. The van der Waals surface area contributed by atoms with Gasteiger partial charge in [-0.2, -0.15) is 0 Å². The summed E-state index contributed by atoms with van der Waals surface area (Å²) in [6.07, 6.45) is 0. The van der Waals surface area contributed by atoms with Crippen LogP contribution < -0.4 is 112 Å². The minimum atomic E-state index is -1.48. The van der Waals surface area contributed by atoms with E-state index in [2.05, 4.69) is 0 Å². The molecule has 0 fully saturated rings. The van der Waals surface area contributed by atoms with Crippen molar-refractivity contribution in [3.8, 4) is 0 Å². The average Bonchev–Trinajstić information content (AvgIpc) is 3.34. The average molecular weight is 1060 g/mol. The molecule has 0 radical (unpaired) electrons. The molecule has 0 heterocycles. The molecule has 6 N–H and O–H groups in total. The van der Waals surface area contributed by atoms with Gasteiger partial charge in [0, 0.05) is 33.4 Å². The predicted molar refractivity (Wildman–Crippen MR) is 230 cm³/mol. The van der Waals surface area contributed by atoms with Crippen LogP contribution in [0.1, 0.15) is 124 Å². The van der Waals surface area contributed by atoms with E-state index in [4.69, 9.17) is 30.6 Å². The van der Waals surface area contributed by atoms with Gasteiger partial charge in [0.1, 0.15) is 0 Å². The Bertz CT molecular complexity index is 2320. The molecule has 0 unspecified atom stereocenters. The largest absolute Gasteiger partial charge is 4.00 e. The molecule has 0 bridgehead atoms. The summed E-state index contributed by atoms with van der Waals surface area (Å²) < 4.78 is 0. The molecule has 6 rings (SSSR count). The third-order valence-electron chi connectivity index (χ3n) is 8.26. The summed E-state index contributed by atoms with van der Waals surface area (Å²) in [7, 11) is 0. The zero-order valence-corrected chi connectivity index (χ0v) is 43.5. The zero-order chi connectivity index (χ0) is 54.8. The number of hydrogen-bond acceptors (Lipinski definition) is 18. The van der Waals surface area contributed by atoms with Crippen molar-refractivity contribution in [1.29, 1.82) is 0 Å². The first-order chi connectivity index (χ1) is 33.8. The van der Waals surface area contributed by atoms with E-state index < -0.39 is 71.6 Å².